The first-order chi connectivity index (χ1) is 21.2. The second-order valence-electron chi connectivity index (χ2n) is 10.6. The molecular formula is C34H29Cl3N4O2S. The summed E-state index contributed by atoms with van der Waals surface area (Å²) in [5.41, 5.74) is 4.53. The van der Waals surface area contributed by atoms with Gasteiger partial charge >= 0.3 is 0 Å². The van der Waals surface area contributed by atoms with Gasteiger partial charge in [0.25, 0.3) is 11.5 Å². The van der Waals surface area contributed by atoms with Gasteiger partial charge in [-0.05, 0) is 68.3 Å². The molecule has 1 atom stereocenters. The highest BCUT2D eigenvalue weighted by atomic mass is 35.5. The van der Waals surface area contributed by atoms with Crippen molar-refractivity contribution >= 4 is 69.0 Å². The second-order valence-corrected chi connectivity index (χ2v) is 12.9. The number of nitrogens with zero attached hydrogens (tertiary/aromatic N) is 4. The molecule has 3 heterocycles. The summed E-state index contributed by atoms with van der Waals surface area (Å²) < 4.78 is 4.30. The van der Waals surface area contributed by atoms with Crippen LogP contribution < -0.4 is 14.9 Å². The number of halogens is 3. The Labute approximate surface area is 273 Å². The molecule has 1 aliphatic rings. The number of benzene rings is 3. The summed E-state index contributed by atoms with van der Waals surface area (Å²) >= 11 is 20.2. The highest BCUT2D eigenvalue weighted by Crippen LogP contribution is 2.32. The van der Waals surface area contributed by atoms with Crippen LogP contribution in [0.1, 0.15) is 43.5 Å². The van der Waals surface area contributed by atoms with E-state index in [9.17, 15) is 9.59 Å². The van der Waals surface area contributed by atoms with Crippen molar-refractivity contribution in [1.29, 1.82) is 0 Å². The summed E-state index contributed by atoms with van der Waals surface area (Å²) in [5.74, 6) is -0.130. The van der Waals surface area contributed by atoms with E-state index in [1.54, 1.807) is 27.7 Å². The molecule has 0 saturated heterocycles. The van der Waals surface area contributed by atoms with E-state index in [0.29, 0.717) is 55.3 Å². The lowest BCUT2D eigenvalue weighted by atomic mass is 9.94. The molecule has 0 unspecified atom stereocenters. The lowest BCUT2D eigenvalue weighted by Gasteiger charge is -2.29. The first-order valence-electron chi connectivity index (χ1n) is 14.3. The Morgan fingerprint density at radius 3 is 2.41 bits per heavy atom. The summed E-state index contributed by atoms with van der Waals surface area (Å²) in [6.07, 6.45) is 3.95. The molecule has 44 heavy (non-hydrogen) atoms. The summed E-state index contributed by atoms with van der Waals surface area (Å²) in [6.45, 7) is 7.37. The number of thiazole rings is 1. The maximum absolute atomic E-state index is 14.2. The average molecular weight is 664 g/mol. The number of para-hydroxylation sites is 1. The molecule has 0 aliphatic carbocycles. The normalized spacial score (nSPS) is 15.0. The highest BCUT2D eigenvalue weighted by molar-refractivity contribution is 7.07. The van der Waals surface area contributed by atoms with Gasteiger partial charge in [-0.3, -0.25) is 14.2 Å². The van der Waals surface area contributed by atoms with Crippen LogP contribution in [0.2, 0.25) is 15.1 Å². The van der Waals surface area contributed by atoms with Crippen molar-refractivity contribution in [2.45, 2.75) is 33.4 Å². The third kappa shape index (κ3) is 5.54. The van der Waals surface area contributed by atoms with Gasteiger partial charge in [0, 0.05) is 57.4 Å². The lowest BCUT2D eigenvalue weighted by Crippen LogP contribution is -2.43. The van der Waals surface area contributed by atoms with E-state index in [4.69, 9.17) is 39.8 Å². The Kier molecular flexibility index (Phi) is 8.57. The number of hydrogen-bond donors (Lipinski definition) is 0. The van der Waals surface area contributed by atoms with Gasteiger partial charge in [-0.1, -0.05) is 82.5 Å². The summed E-state index contributed by atoms with van der Waals surface area (Å²) in [7, 11) is 0. The van der Waals surface area contributed by atoms with Gasteiger partial charge in [-0.25, -0.2) is 4.99 Å². The highest BCUT2D eigenvalue weighted by Gasteiger charge is 2.34. The fraction of sp³-hybridized carbons (Fsp3) is 0.206. The molecule has 0 fully saturated rings. The van der Waals surface area contributed by atoms with Crippen LogP contribution in [0.25, 0.3) is 17.0 Å². The van der Waals surface area contributed by atoms with Crippen molar-refractivity contribution in [3.63, 3.8) is 0 Å². The second kappa shape index (κ2) is 12.4. The minimum Gasteiger partial charge on any atom is -0.342 e. The topological polar surface area (TPSA) is 59.6 Å². The predicted octanol–water partition coefficient (Wildman–Crippen LogP) is 7.07. The maximum Gasteiger partial charge on any atom is 0.271 e. The van der Waals surface area contributed by atoms with Crippen LogP contribution in [-0.2, 0) is 11.3 Å². The average Bonchev–Trinajstić information content (AvgIpc) is 3.51. The third-order valence-electron chi connectivity index (χ3n) is 7.95. The zero-order valence-electron chi connectivity index (χ0n) is 24.4. The van der Waals surface area contributed by atoms with Gasteiger partial charge in [0.2, 0.25) is 0 Å². The molecule has 6 nitrogen and oxygen atoms in total. The smallest absolute Gasteiger partial charge is 0.271 e. The first-order valence-corrected chi connectivity index (χ1v) is 16.2. The molecule has 5 aromatic rings. The molecule has 3 aromatic carbocycles. The molecule has 0 N–H and O–H groups in total. The number of hydrogen-bond acceptors (Lipinski definition) is 4. The SMILES string of the molecule is CCN(CC)C(=O)C1=C(C)N=c2s/c(=C/c3cn(Cc4ccc(Cl)cc4Cl)c4ccccc34)c(=O)n2[C@H]1c1ccc(Cl)cc1. The van der Waals surface area contributed by atoms with Crippen molar-refractivity contribution < 1.29 is 4.79 Å². The maximum atomic E-state index is 14.2. The van der Waals surface area contributed by atoms with Gasteiger partial charge in [-0.15, -0.1) is 0 Å². The quantitative estimate of drug-likeness (QED) is 0.187. The van der Waals surface area contributed by atoms with Gasteiger partial charge in [0.1, 0.15) is 0 Å². The molecule has 0 bridgehead atoms. The van der Waals surface area contributed by atoms with Crippen LogP contribution in [0.15, 0.2) is 94.0 Å². The minimum absolute atomic E-state index is 0.130. The lowest BCUT2D eigenvalue weighted by molar-refractivity contribution is -0.127. The van der Waals surface area contributed by atoms with Crippen molar-refractivity contribution in [3.05, 3.63) is 136 Å². The van der Waals surface area contributed by atoms with Crippen molar-refractivity contribution in [2.75, 3.05) is 13.1 Å². The Morgan fingerprint density at radius 1 is 1.00 bits per heavy atom. The van der Waals surface area contributed by atoms with E-state index in [2.05, 4.69) is 4.57 Å². The third-order valence-corrected chi connectivity index (χ3v) is 9.77. The van der Waals surface area contributed by atoms with Crippen LogP contribution >= 0.6 is 46.1 Å². The van der Waals surface area contributed by atoms with Gasteiger partial charge < -0.3 is 9.47 Å². The van der Waals surface area contributed by atoms with E-state index in [1.807, 2.05) is 81.6 Å². The molecule has 10 heteroatoms. The molecule has 1 amide bonds. The van der Waals surface area contributed by atoms with Gasteiger partial charge in [0.15, 0.2) is 4.80 Å². The van der Waals surface area contributed by atoms with E-state index >= 15 is 0 Å². The molecular weight excluding hydrogens is 635 g/mol. The molecule has 0 spiro atoms. The number of rotatable bonds is 7. The van der Waals surface area contributed by atoms with Crippen molar-refractivity contribution in [1.82, 2.24) is 14.0 Å². The number of likely N-dealkylation sites (N-methyl/N-ethyl adjacent to an activating group) is 1. The Bertz CT molecular complexity index is 2120. The van der Waals surface area contributed by atoms with Crippen molar-refractivity contribution in [3.8, 4) is 0 Å². The van der Waals surface area contributed by atoms with E-state index < -0.39 is 6.04 Å². The molecule has 224 valence electrons. The molecule has 2 aromatic heterocycles. The number of allylic oxidation sites excluding steroid dienone is 1. The van der Waals surface area contributed by atoms with Gasteiger partial charge in [-0.2, -0.15) is 0 Å². The molecule has 0 saturated carbocycles. The van der Waals surface area contributed by atoms with E-state index in [0.717, 1.165) is 27.6 Å². The first kappa shape index (κ1) is 30.4. The predicted molar refractivity (Wildman–Crippen MR) is 181 cm³/mol. The molecule has 6 rings (SSSR count). The van der Waals surface area contributed by atoms with Crippen LogP contribution in [0.3, 0.4) is 0 Å². The monoisotopic (exact) mass is 662 g/mol. The van der Waals surface area contributed by atoms with Crippen LogP contribution in [0.5, 0.6) is 0 Å². The number of aromatic nitrogens is 2. The van der Waals surface area contributed by atoms with Crippen LogP contribution in [0, 0.1) is 0 Å². The van der Waals surface area contributed by atoms with Crippen LogP contribution in [0.4, 0.5) is 0 Å². The zero-order valence-corrected chi connectivity index (χ0v) is 27.4. The fourth-order valence-corrected chi connectivity index (χ4v) is 7.36. The Hall–Kier alpha value is -3.62. The fourth-order valence-electron chi connectivity index (χ4n) is 5.73. The minimum atomic E-state index is -0.632. The number of carbonyl (C=O) groups excluding carboxylic acids is 1. The van der Waals surface area contributed by atoms with Crippen LogP contribution in [-0.4, -0.2) is 33.0 Å². The van der Waals surface area contributed by atoms with Crippen molar-refractivity contribution in [2.24, 2.45) is 4.99 Å². The number of fused-ring (bicyclic) bond motifs is 2. The van der Waals surface area contributed by atoms with E-state index in [-0.39, 0.29) is 11.5 Å². The Morgan fingerprint density at radius 2 is 1.70 bits per heavy atom. The Balaban J connectivity index is 1.51. The number of amides is 1. The number of carbonyl (C=O) groups is 1. The van der Waals surface area contributed by atoms with Gasteiger partial charge in [0.05, 0.1) is 21.8 Å². The largest absolute Gasteiger partial charge is 0.342 e. The standard InChI is InChI=1S/C34H29Cl3N4O2S/c1-4-39(5-2)33(43)30-20(3)38-34-41(31(30)21-10-13-24(35)14-11-21)32(42)29(44-34)16-23-19-40(28-9-7-6-8-26(23)28)18-22-12-15-25(36)17-27(22)37/h6-17,19,31H,4-5,18H2,1-3H3/b29-16+/t31-/m0/s1. The summed E-state index contributed by atoms with van der Waals surface area (Å²) in [5, 5.41) is 2.76. The zero-order chi connectivity index (χ0) is 31.1. The molecule has 1 aliphatic heterocycles. The van der Waals surface area contributed by atoms with E-state index in [1.165, 1.54) is 11.3 Å². The summed E-state index contributed by atoms with van der Waals surface area (Å²) in [6, 6.07) is 20.2. The summed E-state index contributed by atoms with van der Waals surface area (Å²) in [4.78, 5) is 35.2. The molecule has 0 radical (unpaired) electrons.